The van der Waals surface area contributed by atoms with E-state index < -0.39 is 15.8 Å². The zero-order valence-corrected chi connectivity index (χ0v) is 13.8. The lowest BCUT2D eigenvalue weighted by Crippen LogP contribution is -2.31. The number of sulfonamides is 1. The van der Waals surface area contributed by atoms with Crippen LogP contribution in [0.5, 0.6) is 0 Å². The molecule has 1 aromatic carbocycles. The number of ether oxygens (including phenoxy) is 1. The van der Waals surface area contributed by atoms with Crippen LogP contribution in [0.1, 0.15) is 12.5 Å². The molecule has 5 nitrogen and oxygen atoms in total. The number of hydrogen-bond acceptors (Lipinski definition) is 4. The fraction of sp³-hybridized carbons (Fsp3) is 0.500. The molecule has 1 rings (SSSR count). The summed E-state index contributed by atoms with van der Waals surface area (Å²) in [5.41, 5.74) is 5.57. The van der Waals surface area contributed by atoms with Gasteiger partial charge in [0.1, 0.15) is 10.7 Å². The summed E-state index contributed by atoms with van der Waals surface area (Å²) in [6, 6.07) is 2.70. The summed E-state index contributed by atoms with van der Waals surface area (Å²) in [6.07, 6.45) is 0. The first-order valence-electron chi connectivity index (χ1n) is 6.06. The molecule has 0 aromatic heterocycles. The van der Waals surface area contributed by atoms with Gasteiger partial charge >= 0.3 is 0 Å². The smallest absolute Gasteiger partial charge is 0.245 e. The predicted octanol–water partition coefficient (Wildman–Crippen LogP) is 1.70. The van der Waals surface area contributed by atoms with E-state index in [2.05, 4.69) is 15.9 Å². The Kier molecular flexibility index (Phi) is 6.53. The van der Waals surface area contributed by atoms with Gasteiger partial charge in [-0.3, -0.25) is 0 Å². The molecule has 0 spiro atoms. The maximum atomic E-state index is 14.2. The monoisotopic (exact) mass is 368 g/mol. The molecule has 0 heterocycles. The molecule has 1 aromatic rings. The molecular weight excluding hydrogens is 351 g/mol. The predicted molar refractivity (Wildman–Crippen MR) is 78.3 cm³/mol. The second-order valence-electron chi connectivity index (χ2n) is 4.10. The first kappa shape index (κ1) is 17.5. The summed E-state index contributed by atoms with van der Waals surface area (Å²) >= 11 is 3.16. The summed E-state index contributed by atoms with van der Waals surface area (Å²) < 4.78 is 45.5. The van der Waals surface area contributed by atoms with Gasteiger partial charge in [0, 0.05) is 36.8 Å². The summed E-state index contributed by atoms with van der Waals surface area (Å²) in [7, 11) is -2.53. The van der Waals surface area contributed by atoms with Gasteiger partial charge in [0.25, 0.3) is 0 Å². The average Bonchev–Trinajstić information content (AvgIpc) is 2.40. The van der Waals surface area contributed by atoms with E-state index in [1.54, 1.807) is 0 Å². The van der Waals surface area contributed by atoms with Crippen molar-refractivity contribution in [3.05, 3.63) is 28.0 Å². The zero-order chi connectivity index (χ0) is 15.3. The minimum absolute atomic E-state index is 0.0730. The minimum Gasteiger partial charge on any atom is -0.380 e. The van der Waals surface area contributed by atoms with Crippen molar-refractivity contribution in [3.63, 3.8) is 0 Å². The van der Waals surface area contributed by atoms with Gasteiger partial charge in [-0.15, -0.1) is 0 Å². The number of halogens is 2. The van der Waals surface area contributed by atoms with Crippen LogP contribution >= 0.6 is 15.9 Å². The van der Waals surface area contributed by atoms with E-state index in [4.69, 9.17) is 10.5 Å². The van der Waals surface area contributed by atoms with E-state index in [-0.39, 0.29) is 30.2 Å². The Morgan fingerprint density at radius 1 is 1.45 bits per heavy atom. The number of benzene rings is 1. The second kappa shape index (κ2) is 7.46. The van der Waals surface area contributed by atoms with E-state index in [9.17, 15) is 12.8 Å². The highest BCUT2D eigenvalue weighted by molar-refractivity contribution is 9.10. The summed E-state index contributed by atoms with van der Waals surface area (Å²) in [4.78, 5) is -0.383. The van der Waals surface area contributed by atoms with Crippen molar-refractivity contribution in [2.24, 2.45) is 5.73 Å². The molecular formula is C12H18BrFN2O3S. The van der Waals surface area contributed by atoms with Gasteiger partial charge in [0.2, 0.25) is 10.0 Å². The lowest BCUT2D eigenvalue weighted by molar-refractivity contribution is 0.138. The Labute approximate surface area is 127 Å². The fourth-order valence-electron chi connectivity index (χ4n) is 1.58. The van der Waals surface area contributed by atoms with Gasteiger partial charge in [-0.25, -0.2) is 12.8 Å². The maximum absolute atomic E-state index is 14.2. The van der Waals surface area contributed by atoms with Crippen LogP contribution in [0.4, 0.5) is 4.39 Å². The van der Waals surface area contributed by atoms with Crippen LogP contribution in [0.15, 0.2) is 21.5 Å². The third-order valence-corrected chi connectivity index (χ3v) is 5.06. The highest BCUT2D eigenvalue weighted by Gasteiger charge is 2.26. The van der Waals surface area contributed by atoms with Crippen LogP contribution in [0, 0.1) is 5.82 Å². The average molecular weight is 369 g/mol. The molecule has 8 heteroatoms. The summed E-state index contributed by atoms with van der Waals surface area (Å²) in [6.45, 7) is 2.65. The van der Waals surface area contributed by atoms with Crippen LogP contribution in [-0.4, -0.2) is 39.5 Å². The number of nitrogens with zero attached hydrogens (tertiary/aromatic N) is 1. The molecule has 0 unspecified atom stereocenters. The van der Waals surface area contributed by atoms with Crippen LogP contribution in [-0.2, 0) is 21.3 Å². The molecule has 0 atom stereocenters. The molecule has 0 saturated heterocycles. The number of likely N-dealkylation sites (N-methyl/N-ethyl adjacent to an activating group) is 1. The lowest BCUT2D eigenvalue weighted by Gasteiger charge is -2.18. The SMILES string of the molecule is CCOCCN(C)S(=O)(=O)c1cc(Br)cc(CN)c1F. The third-order valence-electron chi connectivity index (χ3n) is 2.74. The highest BCUT2D eigenvalue weighted by Crippen LogP contribution is 2.25. The van der Waals surface area contributed by atoms with Crippen LogP contribution < -0.4 is 5.73 Å². The minimum atomic E-state index is -3.91. The summed E-state index contributed by atoms with van der Waals surface area (Å²) in [5, 5.41) is 0. The van der Waals surface area contributed by atoms with E-state index in [0.29, 0.717) is 11.1 Å². The van der Waals surface area contributed by atoms with E-state index in [1.165, 1.54) is 19.2 Å². The number of nitrogens with two attached hydrogens (primary N) is 1. The van der Waals surface area contributed by atoms with Gasteiger partial charge in [0.05, 0.1) is 6.61 Å². The van der Waals surface area contributed by atoms with Crippen molar-refractivity contribution in [2.75, 3.05) is 26.8 Å². The third kappa shape index (κ3) is 3.98. The molecule has 114 valence electrons. The Balaban J connectivity index is 3.12. The van der Waals surface area contributed by atoms with E-state index in [0.717, 1.165) is 4.31 Å². The molecule has 0 amide bonds. The number of hydrogen-bond donors (Lipinski definition) is 1. The molecule has 0 aliphatic carbocycles. The maximum Gasteiger partial charge on any atom is 0.245 e. The Morgan fingerprint density at radius 2 is 2.10 bits per heavy atom. The molecule has 0 bridgehead atoms. The molecule has 20 heavy (non-hydrogen) atoms. The Bertz CT molecular complexity index is 566. The van der Waals surface area contributed by atoms with Crippen LogP contribution in [0.2, 0.25) is 0 Å². The Morgan fingerprint density at radius 3 is 2.65 bits per heavy atom. The van der Waals surface area contributed by atoms with Crippen molar-refractivity contribution < 1.29 is 17.5 Å². The molecule has 0 radical (unpaired) electrons. The first-order chi connectivity index (χ1) is 9.34. The van der Waals surface area contributed by atoms with Gasteiger partial charge in [0.15, 0.2) is 0 Å². The van der Waals surface area contributed by atoms with Crippen molar-refractivity contribution in [3.8, 4) is 0 Å². The van der Waals surface area contributed by atoms with Crippen molar-refractivity contribution >= 4 is 26.0 Å². The van der Waals surface area contributed by atoms with Crippen LogP contribution in [0.3, 0.4) is 0 Å². The van der Waals surface area contributed by atoms with Crippen molar-refractivity contribution in [1.82, 2.24) is 4.31 Å². The van der Waals surface area contributed by atoms with Gasteiger partial charge < -0.3 is 10.5 Å². The topological polar surface area (TPSA) is 72.6 Å². The van der Waals surface area contributed by atoms with E-state index in [1.807, 2.05) is 6.92 Å². The molecule has 0 fully saturated rings. The highest BCUT2D eigenvalue weighted by atomic mass is 79.9. The second-order valence-corrected chi connectivity index (χ2v) is 7.03. The number of rotatable bonds is 7. The molecule has 0 aliphatic heterocycles. The largest absolute Gasteiger partial charge is 0.380 e. The van der Waals surface area contributed by atoms with Gasteiger partial charge in [-0.1, -0.05) is 15.9 Å². The summed E-state index contributed by atoms with van der Waals surface area (Å²) in [5.74, 6) is -0.807. The quantitative estimate of drug-likeness (QED) is 0.743. The lowest BCUT2D eigenvalue weighted by atomic mass is 10.2. The standard InChI is InChI=1S/C12H18BrFN2O3S/c1-3-19-5-4-16(2)20(17,18)11-7-10(13)6-9(8-15)12(11)14/h6-7H,3-5,8,15H2,1-2H3. The molecule has 2 N–H and O–H groups in total. The molecule has 0 saturated carbocycles. The first-order valence-corrected chi connectivity index (χ1v) is 8.30. The molecule has 0 aliphatic rings. The normalized spacial score (nSPS) is 12.1. The van der Waals surface area contributed by atoms with Crippen molar-refractivity contribution in [2.45, 2.75) is 18.4 Å². The van der Waals surface area contributed by atoms with Gasteiger partial charge in [-0.05, 0) is 19.1 Å². The fourth-order valence-corrected chi connectivity index (χ4v) is 3.52. The van der Waals surface area contributed by atoms with Crippen molar-refractivity contribution in [1.29, 1.82) is 0 Å². The van der Waals surface area contributed by atoms with E-state index >= 15 is 0 Å². The van der Waals surface area contributed by atoms with Crippen LogP contribution in [0.25, 0.3) is 0 Å². The van der Waals surface area contributed by atoms with Gasteiger partial charge in [-0.2, -0.15) is 4.31 Å². The Hall–Kier alpha value is -0.540. The zero-order valence-electron chi connectivity index (χ0n) is 11.4.